The Labute approximate surface area is 185 Å². The van der Waals surface area contributed by atoms with Gasteiger partial charge in [0.2, 0.25) is 11.8 Å². The molecule has 3 amide bonds. The number of allylic oxidation sites excluding steroid dienone is 2. The third kappa shape index (κ3) is 3.24. The van der Waals surface area contributed by atoms with Crippen LogP contribution < -0.4 is 5.32 Å². The molecular formula is C24H25FN2O5. The number of ether oxygens (including phenoxy) is 1. The zero-order valence-electron chi connectivity index (χ0n) is 17.9. The van der Waals surface area contributed by atoms with Gasteiger partial charge in [-0.2, -0.15) is 0 Å². The van der Waals surface area contributed by atoms with E-state index in [-0.39, 0.29) is 29.6 Å². The number of esters is 1. The van der Waals surface area contributed by atoms with E-state index in [1.807, 2.05) is 0 Å². The Kier molecular flexibility index (Phi) is 4.91. The molecule has 7 nitrogen and oxygen atoms in total. The van der Waals surface area contributed by atoms with Gasteiger partial charge in [0, 0.05) is 5.69 Å². The van der Waals surface area contributed by atoms with Crippen molar-refractivity contribution in [2.75, 3.05) is 11.9 Å². The summed E-state index contributed by atoms with van der Waals surface area (Å²) in [5, 5.41) is 2.51. The summed E-state index contributed by atoms with van der Waals surface area (Å²) in [6, 6.07) is 4.11. The Hall–Kier alpha value is -3.03. The number of rotatable bonds is 6. The normalized spacial score (nSPS) is 32.6. The number of hydrogen-bond donors (Lipinski definition) is 1. The molecule has 0 spiro atoms. The number of carbonyl (C=O) groups is 4. The van der Waals surface area contributed by atoms with Crippen molar-refractivity contribution in [2.24, 2.45) is 41.4 Å². The lowest BCUT2D eigenvalue weighted by molar-refractivity contribution is -0.162. The molecule has 1 aromatic rings. The zero-order chi connectivity index (χ0) is 22.7. The summed E-state index contributed by atoms with van der Waals surface area (Å²) >= 11 is 0. The van der Waals surface area contributed by atoms with Crippen LogP contribution in [-0.4, -0.2) is 41.2 Å². The molecule has 4 aliphatic carbocycles. The first-order chi connectivity index (χ1) is 15.3. The lowest BCUT2D eigenvalue weighted by atomic mass is 9.63. The van der Waals surface area contributed by atoms with Gasteiger partial charge in [-0.05, 0) is 60.3 Å². The summed E-state index contributed by atoms with van der Waals surface area (Å²) in [6.07, 6.45) is 5.23. The van der Waals surface area contributed by atoms with Crippen molar-refractivity contribution in [3.8, 4) is 0 Å². The largest absolute Gasteiger partial charge is 0.454 e. The number of amides is 3. The predicted octanol–water partition coefficient (Wildman–Crippen LogP) is 2.39. The molecule has 1 aromatic carbocycles. The lowest BCUT2D eigenvalue weighted by Crippen LogP contribution is -2.49. The summed E-state index contributed by atoms with van der Waals surface area (Å²) < 4.78 is 18.2. The molecule has 1 aliphatic heterocycles. The van der Waals surface area contributed by atoms with E-state index in [1.54, 1.807) is 13.8 Å². The highest BCUT2D eigenvalue weighted by Crippen LogP contribution is 2.65. The maximum Gasteiger partial charge on any atom is 0.330 e. The van der Waals surface area contributed by atoms with Crippen molar-refractivity contribution >= 4 is 29.4 Å². The van der Waals surface area contributed by atoms with Gasteiger partial charge in [0.25, 0.3) is 5.91 Å². The number of carbonyl (C=O) groups excluding carboxylic acids is 4. The van der Waals surface area contributed by atoms with Crippen molar-refractivity contribution in [2.45, 2.75) is 26.3 Å². The second-order valence-corrected chi connectivity index (χ2v) is 9.55. The van der Waals surface area contributed by atoms with Crippen LogP contribution in [-0.2, 0) is 23.9 Å². The Morgan fingerprint density at radius 3 is 2.16 bits per heavy atom. The maximum absolute atomic E-state index is 13.3. The first-order valence-corrected chi connectivity index (χ1v) is 11.0. The van der Waals surface area contributed by atoms with E-state index in [0.717, 1.165) is 11.3 Å². The monoisotopic (exact) mass is 440 g/mol. The summed E-state index contributed by atoms with van der Waals surface area (Å²) in [4.78, 5) is 52.8. The van der Waals surface area contributed by atoms with E-state index in [2.05, 4.69) is 17.5 Å². The maximum atomic E-state index is 13.3. The van der Waals surface area contributed by atoms with Gasteiger partial charge in [-0.15, -0.1) is 0 Å². The van der Waals surface area contributed by atoms with Crippen molar-refractivity contribution in [1.29, 1.82) is 0 Å². The number of likely N-dealkylation sites (tertiary alicyclic amines) is 1. The fraction of sp³-hybridized carbons (Fsp3) is 0.500. The highest BCUT2D eigenvalue weighted by molar-refractivity contribution is 6.09. The van der Waals surface area contributed by atoms with Crippen LogP contribution in [0, 0.1) is 47.2 Å². The Morgan fingerprint density at radius 2 is 1.62 bits per heavy atom. The third-order valence-corrected chi connectivity index (χ3v) is 7.32. The SMILES string of the molecule is CC(C)[C@H](C(=O)OCC(=O)Nc1ccc(F)cc1)N1C(=O)[C@@H]2[C@H]3C=C[C@@H]([C@@H]4C[C@H]34)[C@H]2C1=O. The molecule has 168 valence electrons. The summed E-state index contributed by atoms with van der Waals surface area (Å²) in [6.45, 7) is 2.92. The van der Waals surface area contributed by atoms with E-state index >= 15 is 0 Å². The van der Waals surface area contributed by atoms with Crippen LogP contribution in [0.25, 0.3) is 0 Å². The molecule has 3 fully saturated rings. The summed E-state index contributed by atoms with van der Waals surface area (Å²) in [5.41, 5.74) is 0.364. The van der Waals surface area contributed by atoms with Gasteiger partial charge < -0.3 is 10.1 Å². The van der Waals surface area contributed by atoms with Crippen LogP contribution in [0.1, 0.15) is 20.3 Å². The van der Waals surface area contributed by atoms with Crippen molar-refractivity contribution < 1.29 is 28.3 Å². The van der Waals surface area contributed by atoms with Gasteiger partial charge in [0.05, 0.1) is 11.8 Å². The third-order valence-electron chi connectivity index (χ3n) is 7.32. The number of nitrogens with one attached hydrogen (secondary N) is 1. The van der Waals surface area contributed by atoms with Gasteiger partial charge in [-0.25, -0.2) is 9.18 Å². The first-order valence-electron chi connectivity index (χ1n) is 11.0. The molecule has 7 atom stereocenters. The second kappa shape index (κ2) is 7.53. The molecule has 1 heterocycles. The number of imide groups is 1. The van der Waals surface area contributed by atoms with E-state index in [4.69, 9.17) is 4.74 Å². The summed E-state index contributed by atoms with van der Waals surface area (Å²) in [5.74, 6) is -2.45. The van der Waals surface area contributed by atoms with Crippen LogP contribution in [0.15, 0.2) is 36.4 Å². The van der Waals surface area contributed by atoms with Crippen molar-refractivity contribution in [3.05, 3.63) is 42.2 Å². The predicted molar refractivity (Wildman–Crippen MR) is 111 cm³/mol. The molecule has 32 heavy (non-hydrogen) atoms. The van der Waals surface area contributed by atoms with Gasteiger partial charge in [-0.1, -0.05) is 26.0 Å². The van der Waals surface area contributed by atoms with Crippen LogP contribution in [0.5, 0.6) is 0 Å². The Bertz CT molecular complexity index is 984. The van der Waals surface area contributed by atoms with Crippen LogP contribution >= 0.6 is 0 Å². The van der Waals surface area contributed by atoms with Crippen LogP contribution in [0.4, 0.5) is 10.1 Å². The Morgan fingerprint density at radius 1 is 1.06 bits per heavy atom. The number of halogens is 1. The van der Waals surface area contributed by atoms with Gasteiger partial charge >= 0.3 is 5.97 Å². The fourth-order valence-corrected chi connectivity index (χ4v) is 5.88. The highest BCUT2D eigenvalue weighted by Gasteiger charge is 2.68. The molecule has 1 N–H and O–H groups in total. The van der Waals surface area contributed by atoms with E-state index in [9.17, 15) is 23.6 Å². The summed E-state index contributed by atoms with van der Waals surface area (Å²) in [7, 11) is 0. The molecule has 8 heteroatoms. The molecule has 0 unspecified atom stereocenters. The second-order valence-electron chi connectivity index (χ2n) is 9.55. The number of anilines is 1. The molecule has 0 radical (unpaired) electrons. The zero-order valence-corrected chi connectivity index (χ0v) is 17.9. The molecule has 2 bridgehead atoms. The molecule has 6 rings (SSSR count). The van der Waals surface area contributed by atoms with Crippen molar-refractivity contribution in [1.82, 2.24) is 4.90 Å². The average Bonchev–Trinajstić information content (AvgIpc) is 3.54. The molecule has 1 saturated heterocycles. The van der Waals surface area contributed by atoms with Crippen LogP contribution in [0.3, 0.4) is 0 Å². The average molecular weight is 440 g/mol. The van der Waals surface area contributed by atoms with Gasteiger partial charge in [-0.3, -0.25) is 19.3 Å². The number of nitrogens with zero attached hydrogens (tertiary/aromatic N) is 1. The Balaban J connectivity index is 1.27. The van der Waals surface area contributed by atoms with E-state index in [0.29, 0.717) is 17.5 Å². The molecule has 0 aromatic heterocycles. The first kappa shape index (κ1) is 20.8. The topological polar surface area (TPSA) is 92.8 Å². The minimum Gasteiger partial charge on any atom is -0.454 e. The fourth-order valence-electron chi connectivity index (χ4n) is 5.88. The smallest absolute Gasteiger partial charge is 0.330 e. The van der Waals surface area contributed by atoms with E-state index < -0.39 is 42.2 Å². The lowest BCUT2D eigenvalue weighted by Gasteiger charge is -2.37. The van der Waals surface area contributed by atoms with Gasteiger partial charge in [0.15, 0.2) is 6.61 Å². The van der Waals surface area contributed by atoms with Crippen molar-refractivity contribution in [3.63, 3.8) is 0 Å². The van der Waals surface area contributed by atoms with E-state index in [1.165, 1.54) is 24.3 Å². The standard InChI is InChI=1S/C24H25FN2O5/c1-11(2)21(24(31)32-10-18(28)26-13-5-3-12(25)4-6-13)27-22(29)19-14-7-8-15(17-9-16(14)17)20(19)23(27)30/h3-8,11,14-17,19-21H,9-10H2,1-2H3,(H,26,28)/t14-,15-,16-,17+,19+,20+,21+/m0/s1. The molecular weight excluding hydrogens is 415 g/mol. The minimum atomic E-state index is -1.07. The number of benzene rings is 1. The number of hydrogen-bond acceptors (Lipinski definition) is 5. The van der Waals surface area contributed by atoms with Crippen LogP contribution in [0.2, 0.25) is 0 Å². The van der Waals surface area contributed by atoms with Gasteiger partial charge in [0.1, 0.15) is 11.9 Å². The highest BCUT2D eigenvalue weighted by atomic mass is 19.1. The molecule has 5 aliphatic rings. The quantitative estimate of drug-likeness (QED) is 0.417. The molecule has 2 saturated carbocycles. The minimum absolute atomic E-state index is 0.0711.